The van der Waals surface area contributed by atoms with Crippen LogP contribution >= 0.6 is 0 Å². The van der Waals surface area contributed by atoms with E-state index in [1.165, 1.54) is 5.19 Å². The zero-order valence-corrected chi connectivity index (χ0v) is 13.8. The van der Waals surface area contributed by atoms with E-state index in [9.17, 15) is 0 Å². The van der Waals surface area contributed by atoms with E-state index in [1.54, 1.807) is 0 Å². The molecule has 3 heteroatoms. The van der Waals surface area contributed by atoms with Crippen LogP contribution in [0, 0.1) is 0 Å². The summed E-state index contributed by atoms with van der Waals surface area (Å²) in [6, 6.07) is 6.30. The molecule has 0 amide bonds. The molecule has 0 unspecified atom stereocenters. The number of unbranched alkanes of at least 4 members (excludes halogenated alkanes) is 2. The number of ether oxygens (including phenoxy) is 2. The summed E-state index contributed by atoms with van der Waals surface area (Å²) in [5.74, 6) is 1.92. The summed E-state index contributed by atoms with van der Waals surface area (Å²) in [6.45, 7) is 10.5. The number of hydrogen-bond acceptors (Lipinski definition) is 2. The van der Waals surface area contributed by atoms with E-state index in [-0.39, 0.29) is 0 Å². The highest BCUT2D eigenvalue weighted by Crippen LogP contribution is 2.26. The molecule has 0 aliphatic heterocycles. The van der Waals surface area contributed by atoms with E-state index in [2.05, 4.69) is 39.1 Å². The van der Waals surface area contributed by atoms with Crippen LogP contribution in [0.3, 0.4) is 0 Å². The van der Waals surface area contributed by atoms with Crippen molar-refractivity contribution in [3.05, 3.63) is 18.2 Å². The Morgan fingerprint density at radius 2 is 1.58 bits per heavy atom. The zero-order chi connectivity index (χ0) is 14.1. The van der Waals surface area contributed by atoms with Crippen LogP contribution in [0.1, 0.15) is 39.5 Å². The second-order valence-electron chi connectivity index (χ2n) is 5.04. The molecule has 1 rings (SSSR count). The lowest BCUT2D eigenvalue weighted by Gasteiger charge is -2.17. The van der Waals surface area contributed by atoms with Crippen molar-refractivity contribution in [2.75, 3.05) is 13.2 Å². The molecule has 1 aromatic carbocycles. The molecular formula is C16H27O2Si. The molecule has 2 nitrogen and oxygen atoms in total. The maximum atomic E-state index is 6.00. The van der Waals surface area contributed by atoms with Crippen molar-refractivity contribution in [1.29, 1.82) is 0 Å². The third-order valence-electron chi connectivity index (χ3n) is 3.02. The number of hydrogen-bond donors (Lipinski definition) is 0. The van der Waals surface area contributed by atoms with E-state index in [0.29, 0.717) is 0 Å². The Morgan fingerprint density at radius 3 is 2.16 bits per heavy atom. The quantitative estimate of drug-likeness (QED) is 0.502. The van der Waals surface area contributed by atoms with Crippen LogP contribution in [0.4, 0.5) is 0 Å². The smallest absolute Gasteiger partial charge is 0.161 e. The lowest BCUT2D eigenvalue weighted by atomic mass is 10.3. The van der Waals surface area contributed by atoms with Gasteiger partial charge in [-0.25, -0.2) is 0 Å². The minimum Gasteiger partial charge on any atom is -0.490 e. The van der Waals surface area contributed by atoms with Crippen LogP contribution in [0.15, 0.2) is 18.2 Å². The average Bonchev–Trinajstić information content (AvgIpc) is 2.40. The molecule has 0 aliphatic rings. The van der Waals surface area contributed by atoms with Gasteiger partial charge in [0.1, 0.15) is 0 Å². The molecule has 0 N–H and O–H groups in total. The van der Waals surface area contributed by atoms with E-state index in [0.717, 1.165) is 50.4 Å². The zero-order valence-electron chi connectivity index (χ0n) is 12.8. The first-order valence-corrected chi connectivity index (χ1v) is 9.89. The predicted molar refractivity (Wildman–Crippen MR) is 84.4 cm³/mol. The van der Waals surface area contributed by atoms with Gasteiger partial charge in [-0.05, 0) is 24.1 Å². The van der Waals surface area contributed by atoms with Crippen LogP contribution in [-0.4, -0.2) is 22.0 Å². The molecule has 1 radical (unpaired) electrons. The van der Waals surface area contributed by atoms with Crippen LogP contribution < -0.4 is 14.7 Å². The first kappa shape index (κ1) is 16.1. The third kappa shape index (κ3) is 5.27. The first-order chi connectivity index (χ1) is 9.20. The Balaban J connectivity index is 2.83. The summed E-state index contributed by atoms with van der Waals surface area (Å²) >= 11 is 0. The largest absolute Gasteiger partial charge is 0.490 e. The highest BCUT2D eigenvalue weighted by molar-refractivity contribution is 6.71. The fraction of sp³-hybridized carbons (Fsp3) is 0.625. The molecule has 0 aromatic heterocycles. The van der Waals surface area contributed by atoms with E-state index >= 15 is 0 Å². The molecule has 0 fully saturated rings. The van der Waals surface area contributed by atoms with Gasteiger partial charge in [-0.2, -0.15) is 0 Å². The maximum absolute atomic E-state index is 6.00. The van der Waals surface area contributed by atoms with Crippen LogP contribution in [0.5, 0.6) is 11.5 Å². The molecule has 107 valence electrons. The normalized spacial score (nSPS) is 10.8. The van der Waals surface area contributed by atoms with Crippen molar-refractivity contribution in [2.45, 2.75) is 52.6 Å². The minimum absolute atomic E-state index is 0.535. The van der Waals surface area contributed by atoms with Gasteiger partial charge < -0.3 is 9.47 Å². The second-order valence-corrected chi connectivity index (χ2v) is 7.58. The average molecular weight is 279 g/mol. The molecule has 0 aliphatic carbocycles. The molecule has 0 heterocycles. The van der Waals surface area contributed by atoms with Gasteiger partial charge >= 0.3 is 0 Å². The van der Waals surface area contributed by atoms with Gasteiger partial charge in [-0.15, -0.1) is 0 Å². The monoisotopic (exact) mass is 279 g/mol. The topological polar surface area (TPSA) is 18.5 Å². The maximum Gasteiger partial charge on any atom is 0.161 e. The molecule has 19 heavy (non-hydrogen) atoms. The molecular weight excluding hydrogens is 252 g/mol. The standard InChI is InChI=1S/C16H27O2Si/c1-5-7-12-17-14-10-9-11-15(19(3)4)16(14)18-13-8-6-2/h9-11H,5-8,12-13H2,1-4H3. The number of rotatable bonds is 9. The number of benzene rings is 1. The van der Waals surface area contributed by atoms with Crippen molar-refractivity contribution in [2.24, 2.45) is 0 Å². The SMILES string of the molecule is CCCCOc1cccc([Si](C)C)c1OCCCC. The van der Waals surface area contributed by atoms with E-state index in [1.807, 2.05) is 6.07 Å². The van der Waals surface area contributed by atoms with Gasteiger partial charge in [-0.1, -0.05) is 51.9 Å². The van der Waals surface area contributed by atoms with Gasteiger partial charge in [0.05, 0.1) is 22.0 Å². The van der Waals surface area contributed by atoms with Gasteiger partial charge in [-0.3, -0.25) is 0 Å². The summed E-state index contributed by atoms with van der Waals surface area (Å²) < 4.78 is 11.9. The van der Waals surface area contributed by atoms with Crippen molar-refractivity contribution in [3.63, 3.8) is 0 Å². The van der Waals surface area contributed by atoms with E-state index in [4.69, 9.17) is 9.47 Å². The summed E-state index contributed by atoms with van der Waals surface area (Å²) in [7, 11) is -0.535. The fourth-order valence-electron chi connectivity index (χ4n) is 1.82. The molecule has 0 bridgehead atoms. The molecule has 0 saturated carbocycles. The minimum atomic E-state index is -0.535. The predicted octanol–water partition coefficient (Wildman–Crippen LogP) is 4.01. The van der Waals surface area contributed by atoms with Crippen molar-refractivity contribution >= 4 is 14.0 Å². The summed E-state index contributed by atoms with van der Waals surface area (Å²) in [6.07, 6.45) is 4.50. The fourth-order valence-corrected chi connectivity index (χ4v) is 2.90. The summed E-state index contributed by atoms with van der Waals surface area (Å²) in [5.41, 5.74) is 0. The van der Waals surface area contributed by atoms with Crippen molar-refractivity contribution < 1.29 is 9.47 Å². The van der Waals surface area contributed by atoms with Crippen LogP contribution in [0.25, 0.3) is 0 Å². The Hall–Kier alpha value is -0.963. The highest BCUT2D eigenvalue weighted by Gasteiger charge is 2.14. The summed E-state index contributed by atoms with van der Waals surface area (Å²) in [5, 5.41) is 1.34. The van der Waals surface area contributed by atoms with Gasteiger partial charge in [0.2, 0.25) is 0 Å². The van der Waals surface area contributed by atoms with Crippen LogP contribution in [-0.2, 0) is 0 Å². The summed E-state index contributed by atoms with van der Waals surface area (Å²) in [4.78, 5) is 0. The van der Waals surface area contributed by atoms with Crippen molar-refractivity contribution in [3.8, 4) is 11.5 Å². The Labute approximate surface area is 119 Å². The number of para-hydroxylation sites is 1. The van der Waals surface area contributed by atoms with Crippen molar-refractivity contribution in [1.82, 2.24) is 0 Å². The Bertz CT molecular complexity index is 364. The van der Waals surface area contributed by atoms with Gasteiger partial charge in [0.15, 0.2) is 11.5 Å². The Kier molecular flexibility index (Phi) is 7.64. The first-order valence-electron chi connectivity index (χ1n) is 7.39. The Morgan fingerprint density at radius 1 is 0.947 bits per heavy atom. The molecule has 0 saturated heterocycles. The molecule has 0 spiro atoms. The van der Waals surface area contributed by atoms with Gasteiger partial charge in [0, 0.05) is 0 Å². The lowest BCUT2D eigenvalue weighted by molar-refractivity contribution is 0.263. The van der Waals surface area contributed by atoms with E-state index < -0.39 is 8.80 Å². The molecule has 1 aromatic rings. The second kappa shape index (κ2) is 9.02. The van der Waals surface area contributed by atoms with Crippen LogP contribution in [0.2, 0.25) is 13.1 Å². The lowest BCUT2D eigenvalue weighted by Crippen LogP contribution is -2.25. The van der Waals surface area contributed by atoms with Gasteiger partial charge in [0.25, 0.3) is 0 Å². The molecule has 0 atom stereocenters. The highest BCUT2D eigenvalue weighted by atomic mass is 28.3. The third-order valence-corrected chi connectivity index (χ3v) is 4.49.